The molecule has 4 amide bonds. The number of unbranched alkanes of at least 4 members (excludes halogenated alkanes) is 14. The number of β-amino-alcohol motifs (C(OH)–C–C–N with tert-alkyl or cyclic N) is 1. The fourth-order valence-corrected chi connectivity index (χ4v) is 14.2. The first-order valence-corrected chi connectivity index (χ1v) is 41.7. The summed E-state index contributed by atoms with van der Waals surface area (Å²) in [5.74, 6) is -2.22. The number of ether oxygens (including phenoxy) is 10. The van der Waals surface area contributed by atoms with Gasteiger partial charge >= 0.3 is 0 Å². The van der Waals surface area contributed by atoms with Gasteiger partial charge in [-0.15, -0.1) is 0 Å². The Morgan fingerprint density at radius 3 is 1.10 bits per heavy atom. The number of aliphatic hydroxyl groups is 10. The first-order chi connectivity index (χ1) is 53.9. The highest BCUT2D eigenvalue weighted by Gasteiger charge is 2.45. The van der Waals surface area contributed by atoms with E-state index in [0.717, 1.165) is 44.9 Å². The average Bonchev–Trinajstić information content (AvgIpc) is 1.18. The van der Waals surface area contributed by atoms with Crippen molar-refractivity contribution in [3.63, 3.8) is 0 Å². The Kier molecular flexibility index (Phi) is 52.4. The fourth-order valence-electron chi connectivity index (χ4n) is 14.2. The Balaban J connectivity index is 1.27. The van der Waals surface area contributed by atoms with Crippen LogP contribution in [0.4, 0.5) is 0 Å². The lowest BCUT2D eigenvalue weighted by atomic mass is 9.92. The molecule has 0 aromatic rings. The van der Waals surface area contributed by atoms with E-state index in [9.17, 15) is 89.4 Å². The summed E-state index contributed by atoms with van der Waals surface area (Å²) >= 11 is 0. The molecule has 4 rings (SSSR count). The number of carbonyl (C=O) groups excluding carboxylic acids is 8. The van der Waals surface area contributed by atoms with Crippen LogP contribution in [-0.4, -0.2) is 307 Å². The standard InChI is InChI=1S/C80H142N4O28/c1-55-71(97)74(100)64(48-85)110-77(55)107-40-22-19-30-59(88)26-13-11-15-28-61(90)35-43-104-52-80(83-69(95)33-17-9-7-5-6-8-10-18-34-70(96)84-47-63(92)46-58(84)51-103-4,53-105-44-36-62(91)29-16-12-14-27-60(89)31-20-23-41-108-78-56(2)72(98)75(101)65(49-86)111-78)54-106-45-37-68(94)82-39-25-38-81-67(93)32-21-24-42-109-79-57(3)73(99)76(102)66(50-87)112-79/h55-58,63-66,71-79,85-87,92,97-102H,5-54H2,1-4H3,(H,81,93)(H,82,94)(H,83,95)/t55?,56?,57?,58-,63?,64?,65?,66?,71?,72?,73?,74?,75?,76?,77?,78?,79?,80?/m0/s1. The predicted octanol–water partition coefficient (Wildman–Crippen LogP) is 3.16. The quantitative estimate of drug-likeness (QED) is 0.0389. The summed E-state index contributed by atoms with van der Waals surface area (Å²) in [4.78, 5) is 106. The van der Waals surface area contributed by atoms with Gasteiger partial charge in [-0.05, 0) is 89.9 Å². The van der Waals surface area contributed by atoms with E-state index in [1.165, 1.54) is 0 Å². The van der Waals surface area contributed by atoms with Gasteiger partial charge in [-0.1, -0.05) is 72.1 Å². The summed E-state index contributed by atoms with van der Waals surface area (Å²) in [6.07, 6.45) is 4.83. The molecule has 0 aliphatic carbocycles. The number of likely N-dealkylation sites (tertiary alicyclic amines) is 1. The van der Waals surface area contributed by atoms with Gasteiger partial charge in [0.2, 0.25) is 23.6 Å². The molecule has 32 heteroatoms. The third kappa shape index (κ3) is 39.8. The van der Waals surface area contributed by atoms with Crippen LogP contribution in [0.15, 0.2) is 0 Å². The molecule has 4 saturated heterocycles. The number of hydrogen-bond acceptors (Lipinski definition) is 28. The van der Waals surface area contributed by atoms with Gasteiger partial charge in [0.05, 0.1) is 96.5 Å². The Labute approximate surface area is 662 Å². The number of ketones is 4. The number of hydrogen-bond donors (Lipinski definition) is 13. The van der Waals surface area contributed by atoms with E-state index in [4.69, 9.17) is 47.4 Å². The first-order valence-electron chi connectivity index (χ1n) is 41.7. The first kappa shape index (κ1) is 100. The molecule has 0 spiro atoms. The second kappa shape index (κ2) is 58.6. The maximum atomic E-state index is 14.0. The van der Waals surface area contributed by atoms with Crippen LogP contribution in [0.5, 0.6) is 0 Å². The second-order valence-corrected chi connectivity index (χ2v) is 31.1. The number of nitrogens with zero attached hydrogens (tertiary/aromatic N) is 1. The Hall–Kier alpha value is -4.24. The molecule has 0 aromatic heterocycles. The summed E-state index contributed by atoms with van der Waals surface area (Å²) in [6, 6.07) is -0.108. The Morgan fingerprint density at radius 2 is 0.705 bits per heavy atom. The maximum absolute atomic E-state index is 14.0. The van der Waals surface area contributed by atoms with Crippen molar-refractivity contribution in [3.05, 3.63) is 0 Å². The van der Waals surface area contributed by atoms with E-state index in [2.05, 4.69) is 16.0 Å². The van der Waals surface area contributed by atoms with Gasteiger partial charge in [-0.25, -0.2) is 0 Å². The van der Waals surface area contributed by atoms with Crippen LogP contribution in [-0.2, 0) is 85.7 Å². The van der Waals surface area contributed by atoms with E-state index < -0.39 is 123 Å². The molecule has 32 nitrogen and oxygen atoms in total. The van der Waals surface area contributed by atoms with Gasteiger partial charge in [0.15, 0.2) is 18.9 Å². The van der Waals surface area contributed by atoms with Gasteiger partial charge in [0.25, 0.3) is 0 Å². The lowest BCUT2D eigenvalue weighted by Gasteiger charge is -2.40. The summed E-state index contributed by atoms with van der Waals surface area (Å²) in [5.41, 5.74) is -1.33. The lowest BCUT2D eigenvalue weighted by Crippen LogP contribution is -2.58. The van der Waals surface area contributed by atoms with Crippen molar-refractivity contribution >= 4 is 46.8 Å². The monoisotopic (exact) mass is 1610 g/mol. The minimum atomic E-state index is -1.33. The molecular weight excluding hydrogens is 1460 g/mol. The molecule has 4 heterocycles. The molecule has 17 atom stereocenters. The molecule has 112 heavy (non-hydrogen) atoms. The summed E-state index contributed by atoms with van der Waals surface area (Å²) in [6.45, 7) is 5.22. The van der Waals surface area contributed by atoms with Crippen LogP contribution in [0, 0.1) is 17.8 Å². The highest BCUT2D eigenvalue weighted by Crippen LogP contribution is 2.31. The predicted molar refractivity (Wildman–Crippen MR) is 408 cm³/mol. The highest BCUT2D eigenvalue weighted by atomic mass is 16.7. The highest BCUT2D eigenvalue weighted by molar-refractivity contribution is 5.80. The molecule has 0 aromatic carbocycles. The molecule has 13 N–H and O–H groups in total. The van der Waals surface area contributed by atoms with Gasteiger partial charge in [0, 0.05) is 141 Å². The number of aliphatic hydroxyl groups excluding tert-OH is 10. The summed E-state index contributed by atoms with van der Waals surface area (Å²) < 4.78 is 57.9. The lowest BCUT2D eigenvalue weighted by molar-refractivity contribution is -0.282. The third-order valence-corrected chi connectivity index (χ3v) is 21.4. The second-order valence-electron chi connectivity index (χ2n) is 31.1. The van der Waals surface area contributed by atoms with Crippen molar-refractivity contribution in [2.24, 2.45) is 17.8 Å². The van der Waals surface area contributed by atoms with Gasteiger partial charge in [-0.2, -0.15) is 0 Å². The van der Waals surface area contributed by atoms with E-state index in [1.54, 1.807) is 32.8 Å². The van der Waals surface area contributed by atoms with Crippen LogP contribution in [0.2, 0.25) is 0 Å². The molecular formula is C80H142N4O28. The van der Waals surface area contributed by atoms with Crippen LogP contribution in [0.3, 0.4) is 0 Å². The molecule has 4 aliphatic heterocycles. The van der Waals surface area contributed by atoms with Crippen molar-refractivity contribution in [1.82, 2.24) is 20.9 Å². The zero-order chi connectivity index (χ0) is 82.1. The van der Waals surface area contributed by atoms with Crippen molar-refractivity contribution in [2.75, 3.05) is 113 Å². The summed E-state index contributed by atoms with van der Waals surface area (Å²) in [7, 11) is 1.59. The van der Waals surface area contributed by atoms with Gasteiger partial charge in [-0.3, -0.25) is 38.4 Å². The van der Waals surface area contributed by atoms with Crippen molar-refractivity contribution < 1.29 is 137 Å². The van der Waals surface area contributed by atoms with Crippen LogP contribution in [0.25, 0.3) is 0 Å². The smallest absolute Gasteiger partial charge is 0.222 e. The number of methoxy groups -OCH3 is 1. The van der Waals surface area contributed by atoms with Crippen LogP contribution >= 0.6 is 0 Å². The van der Waals surface area contributed by atoms with E-state index in [1.807, 2.05) is 0 Å². The van der Waals surface area contributed by atoms with Crippen LogP contribution < -0.4 is 16.0 Å². The molecule has 0 bridgehead atoms. The van der Waals surface area contributed by atoms with Gasteiger partial charge < -0.3 is 119 Å². The van der Waals surface area contributed by atoms with Gasteiger partial charge in [0.1, 0.15) is 65.3 Å². The average molecular weight is 1610 g/mol. The van der Waals surface area contributed by atoms with E-state index >= 15 is 0 Å². The maximum Gasteiger partial charge on any atom is 0.222 e. The number of Topliss-reactive ketones (excluding diaryl/α,β-unsaturated/α-hetero) is 4. The zero-order valence-corrected chi connectivity index (χ0v) is 67.4. The zero-order valence-electron chi connectivity index (χ0n) is 67.4. The fraction of sp³-hybridized carbons (Fsp3) is 0.900. The normalized spacial score (nSPS) is 26.6. The molecule has 4 fully saturated rings. The Bertz CT molecular complexity index is 2400. The van der Waals surface area contributed by atoms with Crippen molar-refractivity contribution in [2.45, 2.75) is 331 Å². The molecule has 0 radical (unpaired) electrons. The number of nitrogens with one attached hydrogen (secondary N) is 3. The molecule has 650 valence electrons. The third-order valence-electron chi connectivity index (χ3n) is 21.4. The molecule has 16 unspecified atom stereocenters. The largest absolute Gasteiger partial charge is 0.394 e. The van der Waals surface area contributed by atoms with Crippen LogP contribution in [0.1, 0.15) is 239 Å². The van der Waals surface area contributed by atoms with Crippen molar-refractivity contribution in [1.29, 1.82) is 0 Å². The number of rotatable bonds is 66. The number of carbonyl (C=O) groups is 8. The summed E-state index contributed by atoms with van der Waals surface area (Å²) in [5, 5.41) is 109. The van der Waals surface area contributed by atoms with Crippen molar-refractivity contribution in [3.8, 4) is 0 Å². The van der Waals surface area contributed by atoms with E-state index in [0.29, 0.717) is 148 Å². The minimum Gasteiger partial charge on any atom is -0.394 e. The van der Waals surface area contributed by atoms with E-state index in [-0.39, 0.29) is 164 Å². The molecule has 0 saturated carbocycles. The minimum absolute atomic E-state index is 0.00385. The Morgan fingerprint density at radius 1 is 0.384 bits per heavy atom. The molecule has 4 aliphatic rings. The SMILES string of the molecule is COC[C@@H]1CC(O)CN1C(=O)CCCCCCCCCCC(=O)NC(COCCC(=O)CCCCCC(=O)CCCCOC1OC(CO)C(O)C(O)C1C)(COCCC(=O)CCCCCC(=O)CCCCOC1OC(CO)C(O)C(O)C1C)COCCC(=O)NCCCNC(=O)CCCCOC1OC(CO)C(O)C(O)C1C. The number of amides is 4. The topological polar surface area (TPSA) is 470 Å².